The Balaban J connectivity index is 1.46. The van der Waals surface area contributed by atoms with Crippen LogP contribution in [0.1, 0.15) is 11.7 Å². The van der Waals surface area contributed by atoms with Gasteiger partial charge >= 0.3 is 6.03 Å². The molecule has 1 atom stereocenters. The number of β-amino-alcohol motifs (C(OH)–C–C–N with tert-alkyl or cyclic N) is 1. The minimum absolute atomic E-state index is 0.0653. The summed E-state index contributed by atoms with van der Waals surface area (Å²) in [6.45, 7) is 3.47. The smallest absolute Gasteiger partial charge is 0.321 e. The Bertz CT molecular complexity index is 640. The van der Waals surface area contributed by atoms with Crippen LogP contribution in [0.3, 0.4) is 0 Å². The quantitative estimate of drug-likeness (QED) is 0.908. The first-order valence-corrected chi connectivity index (χ1v) is 8.29. The van der Waals surface area contributed by atoms with Crippen LogP contribution in [0.15, 0.2) is 60.7 Å². The second-order valence-electron chi connectivity index (χ2n) is 6.01. The number of benzene rings is 2. The Hall–Kier alpha value is -2.37. The minimum Gasteiger partial charge on any atom is -0.387 e. The van der Waals surface area contributed by atoms with Crippen LogP contribution in [-0.4, -0.2) is 53.7 Å². The Morgan fingerprint density at radius 1 is 0.958 bits per heavy atom. The van der Waals surface area contributed by atoms with Crippen molar-refractivity contribution in [2.75, 3.05) is 38.0 Å². The Kier molecular flexibility index (Phi) is 5.46. The van der Waals surface area contributed by atoms with Crippen molar-refractivity contribution in [1.29, 1.82) is 0 Å². The molecule has 0 spiro atoms. The molecule has 24 heavy (non-hydrogen) atoms. The maximum Gasteiger partial charge on any atom is 0.321 e. The number of amides is 2. The van der Waals surface area contributed by atoms with Gasteiger partial charge in [0.1, 0.15) is 0 Å². The van der Waals surface area contributed by atoms with Gasteiger partial charge in [-0.05, 0) is 17.7 Å². The van der Waals surface area contributed by atoms with Crippen LogP contribution in [0.5, 0.6) is 0 Å². The number of nitrogens with one attached hydrogen (secondary N) is 1. The van der Waals surface area contributed by atoms with E-state index in [9.17, 15) is 9.90 Å². The molecule has 126 valence electrons. The third-order valence-electron chi connectivity index (χ3n) is 4.30. The number of aliphatic hydroxyl groups is 1. The van der Waals surface area contributed by atoms with Crippen LogP contribution in [0.2, 0.25) is 0 Å². The average Bonchev–Trinajstić information content (AvgIpc) is 2.64. The largest absolute Gasteiger partial charge is 0.387 e. The molecular formula is C19H23N3O2. The lowest BCUT2D eigenvalue weighted by Crippen LogP contribution is -2.50. The zero-order valence-corrected chi connectivity index (χ0v) is 13.6. The van der Waals surface area contributed by atoms with Gasteiger partial charge in [-0.2, -0.15) is 0 Å². The van der Waals surface area contributed by atoms with Gasteiger partial charge in [0.05, 0.1) is 6.10 Å². The molecule has 1 heterocycles. The molecule has 1 fully saturated rings. The molecule has 0 saturated carbocycles. The van der Waals surface area contributed by atoms with E-state index in [0.717, 1.165) is 24.3 Å². The topological polar surface area (TPSA) is 55.8 Å². The van der Waals surface area contributed by atoms with Gasteiger partial charge in [-0.3, -0.25) is 4.90 Å². The van der Waals surface area contributed by atoms with Crippen molar-refractivity contribution in [1.82, 2.24) is 9.80 Å². The van der Waals surface area contributed by atoms with E-state index in [0.29, 0.717) is 19.6 Å². The zero-order valence-electron chi connectivity index (χ0n) is 13.6. The van der Waals surface area contributed by atoms with Gasteiger partial charge in [-0.15, -0.1) is 0 Å². The number of hydrogen-bond acceptors (Lipinski definition) is 3. The molecule has 0 unspecified atom stereocenters. The van der Waals surface area contributed by atoms with E-state index in [2.05, 4.69) is 10.2 Å². The predicted molar refractivity (Wildman–Crippen MR) is 94.9 cm³/mol. The van der Waals surface area contributed by atoms with Crippen LogP contribution >= 0.6 is 0 Å². The van der Waals surface area contributed by atoms with Gasteiger partial charge in [-0.25, -0.2) is 4.79 Å². The fraction of sp³-hybridized carbons (Fsp3) is 0.316. The first-order valence-electron chi connectivity index (χ1n) is 8.29. The lowest BCUT2D eigenvalue weighted by atomic mass is 10.1. The summed E-state index contributed by atoms with van der Waals surface area (Å²) >= 11 is 0. The second-order valence-corrected chi connectivity index (χ2v) is 6.01. The monoisotopic (exact) mass is 325 g/mol. The first kappa shape index (κ1) is 16.5. The van der Waals surface area contributed by atoms with Crippen molar-refractivity contribution in [2.45, 2.75) is 6.10 Å². The Morgan fingerprint density at radius 3 is 2.17 bits per heavy atom. The SMILES string of the molecule is O=C(Nc1ccccc1)N1CCN(C[C@H](O)c2ccccc2)CC1. The van der Waals surface area contributed by atoms with Gasteiger partial charge in [0.2, 0.25) is 0 Å². The summed E-state index contributed by atoms with van der Waals surface area (Å²) in [6, 6.07) is 19.1. The van der Waals surface area contributed by atoms with Crippen LogP contribution < -0.4 is 5.32 Å². The highest BCUT2D eigenvalue weighted by molar-refractivity contribution is 5.89. The fourth-order valence-corrected chi connectivity index (χ4v) is 2.88. The third-order valence-corrected chi connectivity index (χ3v) is 4.30. The maximum atomic E-state index is 12.3. The van der Waals surface area contributed by atoms with E-state index >= 15 is 0 Å². The molecule has 0 aromatic heterocycles. The summed E-state index contributed by atoms with van der Waals surface area (Å²) in [7, 11) is 0. The van der Waals surface area contributed by atoms with E-state index in [1.165, 1.54) is 0 Å². The molecular weight excluding hydrogens is 302 g/mol. The van der Waals surface area contributed by atoms with Crippen LogP contribution in [-0.2, 0) is 0 Å². The molecule has 2 aromatic carbocycles. The van der Waals surface area contributed by atoms with E-state index in [-0.39, 0.29) is 6.03 Å². The molecule has 0 bridgehead atoms. The molecule has 2 aromatic rings. The Morgan fingerprint density at radius 2 is 1.54 bits per heavy atom. The predicted octanol–water partition coefficient (Wildman–Crippen LogP) is 2.57. The van der Waals surface area contributed by atoms with Gasteiger partial charge in [0, 0.05) is 38.4 Å². The standard InChI is InChI=1S/C19H23N3O2/c23-18(16-7-3-1-4-8-16)15-21-11-13-22(14-12-21)19(24)20-17-9-5-2-6-10-17/h1-10,18,23H,11-15H2,(H,20,24)/t18-/m0/s1. The molecule has 0 aliphatic carbocycles. The number of carbonyl (C=O) groups excluding carboxylic acids is 1. The van der Waals surface area contributed by atoms with Gasteiger partial charge < -0.3 is 15.3 Å². The normalized spacial score (nSPS) is 16.6. The fourth-order valence-electron chi connectivity index (χ4n) is 2.88. The molecule has 1 aliphatic heterocycles. The number of aliphatic hydroxyl groups excluding tert-OH is 1. The summed E-state index contributed by atoms with van der Waals surface area (Å²) in [6.07, 6.45) is -0.490. The molecule has 2 amide bonds. The third kappa shape index (κ3) is 4.34. The highest BCUT2D eigenvalue weighted by atomic mass is 16.3. The van der Waals surface area contributed by atoms with Crippen molar-refractivity contribution in [3.05, 3.63) is 66.2 Å². The van der Waals surface area contributed by atoms with E-state index in [4.69, 9.17) is 0 Å². The summed E-state index contributed by atoms with van der Waals surface area (Å²) in [5, 5.41) is 13.2. The van der Waals surface area contributed by atoms with E-state index < -0.39 is 6.10 Å². The average molecular weight is 325 g/mol. The van der Waals surface area contributed by atoms with Crippen molar-refractivity contribution >= 4 is 11.7 Å². The van der Waals surface area contributed by atoms with Gasteiger partial charge in [-0.1, -0.05) is 48.5 Å². The summed E-state index contributed by atoms with van der Waals surface area (Å²) in [4.78, 5) is 16.3. The number of rotatable bonds is 4. The molecule has 0 radical (unpaired) electrons. The molecule has 3 rings (SSSR count). The van der Waals surface area contributed by atoms with Crippen LogP contribution in [0.25, 0.3) is 0 Å². The number of carbonyl (C=O) groups is 1. The highest BCUT2D eigenvalue weighted by Gasteiger charge is 2.22. The van der Waals surface area contributed by atoms with Crippen molar-refractivity contribution in [3.63, 3.8) is 0 Å². The molecule has 1 saturated heterocycles. The summed E-state index contributed by atoms with van der Waals surface area (Å²) < 4.78 is 0. The number of piperazine rings is 1. The summed E-state index contributed by atoms with van der Waals surface area (Å²) in [5.41, 5.74) is 1.74. The lowest BCUT2D eigenvalue weighted by molar-refractivity contribution is 0.0831. The zero-order chi connectivity index (χ0) is 16.8. The van der Waals surface area contributed by atoms with Gasteiger partial charge in [0.25, 0.3) is 0 Å². The van der Waals surface area contributed by atoms with E-state index in [1.54, 1.807) is 0 Å². The number of hydrogen-bond donors (Lipinski definition) is 2. The van der Waals surface area contributed by atoms with Crippen molar-refractivity contribution in [3.8, 4) is 0 Å². The first-order chi connectivity index (χ1) is 11.7. The summed E-state index contributed by atoms with van der Waals surface area (Å²) in [5.74, 6) is 0. The lowest BCUT2D eigenvalue weighted by Gasteiger charge is -2.35. The number of nitrogens with zero attached hydrogens (tertiary/aromatic N) is 2. The molecule has 1 aliphatic rings. The minimum atomic E-state index is -0.490. The molecule has 5 nitrogen and oxygen atoms in total. The number of urea groups is 1. The van der Waals surface area contributed by atoms with Crippen LogP contribution in [0, 0.1) is 0 Å². The van der Waals surface area contributed by atoms with E-state index in [1.807, 2.05) is 65.6 Å². The number of para-hydroxylation sites is 1. The Labute approximate surface area is 142 Å². The number of anilines is 1. The maximum absolute atomic E-state index is 12.3. The van der Waals surface area contributed by atoms with Crippen molar-refractivity contribution < 1.29 is 9.90 Å². The second kappa shape index (κ2) is 7.95. The highest BCUT2D eigenvalue weighted by Crippen LogP contribution is 2.15. The molecule has 2 N–H and O–H groups in total. The van der Waals surface area contributed by atoms with Gasteiger partial charge in [0.15, 0.2) is 0 Å². The van der Waals surface area contributed by atoms with Crippen LogP contribution in [0.4, 0.5) is 10.5 Å². The molecule has 5 heteroatoms. The van der Waals surface area contributed by atoms with Crippen molar-refractivity contribution in [2.24, 2.45) is 0 Å².